The molecule has 0 saturated heterocycles. The van der Waals surface area contributed by atoms with Crippen LogP contribution in [0.25, 0.3) is 16.7 Å². The number of nitrogens with zero attached hydrogens (tertiary/aromatic N) is 2. The summed E-state index contributed by atoms with van der Waals surface area (Å²) in [5, 5.41) is 0. The molecular formula is C19H14FN3O2. The lowest BCUT2D eigenvalue weighted by Gasteiger charge is -2.10. The molecule has 124 valence electrons. The molecule has 0 aliphatic carbocycles. The Balaban J connectivity index is 1.69. The predicted molar refractivity (Wildman–Crippen MR) is 92.9 cm³/mol. The van der Waals surface area contributed by atoms with E-state index in [9.17, 15) is 9.18 Å². The van der Waals surface area contributed by atoms with E-state index < -0.39 is 0 Å². The molecule has 0 bridgehead atoms. The smallest absolute Gasteiger partial charge is 0.331 e. The molecule has 0 radical (unpaired) electrons. The van der Waals surface area contributed by atoms with Gasteiger partial charge < -0.3 is 9.72 Å². The van der Waals surface area contributed by atoms with Gasteiger partial charge in [-0.25, -0.2) is 9.18 Å². The molecule has 0 fully saturated rings. The first-order valence-electron chi connectivity index (χ1n) is 7.71. The summed E-state index contributed by atoms with van der Waals surface area (Å²) in [4.78, 5) is 19.0. The highest BCUT2D eigenvalue weighted by Crippen LogP contribution is 2.27. The first kappa shape index (κ1) is 15.1. The van der Waals surface area contributed by atoms with Gasteiger partial charge in [0.15, 0.2) is 0 Å². The van der Waals surface area contributed by atoms with Crippen LogP contribution in [-0.4, -0.2) is 14.5 Å². The number of aromatic amines is 1. The summed E-state index contributed by atoms with van der Waals surface area (Å²) in [6.45, 7) is 1.67. The van der Waals surface area contributed by atoms with Crippen molar-refractivity contribution in [1.82, 2.24) is 14.5 Å². The molecule has 2 aromatic carbocycles. The fourth-order valence-corrected chi connectivity index (χ4v) is 2.70. The molecule has 2 aromatic heterocycles. The maximum absolute atomic E-state index is 13.6. The molecule has 6 heteroatoms. The van der Waals surface area contributed by atoms with Crippen LogP contribution in [-0.2, 0) is 0 Å². The monoisotopic (exact) mass is 335 g/mol. The summed E-state index contributed by atoms with van der Waals surface area (Å²) >= 11 is 0. The van der Waals surface area contributed by atoms with E-state index in [1.54, 1.807) is 66.3 Å². The highest BCUT2D eigenvalue weighted by atomic mass is 19.1. The quantitative estimate of drug-likeness (QED) is 0.616. The Morgan fingerprint density at radius 3 is 2.72 bits per heavy atom. The van der Waals surface area contributed by atoms with Gasteiger partial charge in [-0.1, -0.05) is 6.07 Å². The summed E-state index contributed by atoms with van der Waals surface area (Å²) in [5.74, 6) is 0.711. The molecule has 5 nitrogen and oxygen atoms in total. The van der Waals surface area contributed by atoms with Crippen LogP contribution in [0.1, 0.15) is 5.56 Å². The van der Waals surface area contributed by atoms with Gasteiger partial charge in [0.25, 0.3) is 0 Å². The third-order valence-electron chi connectivity index (χ3n) is 4.02. The summed E-state index contributed by atoms with van der Waals surface area (Å²) < 4.78 is 20.9. The standard InChI is InChI=1S/C19H14FN3O2/c1-12-15(20)3-2-4-18(12)25-14-7-5-13(6-8-14)23-17-9-10-21-11-16(17)22-19(23)24/h2-11H,1H3,(H,22,24). The average Bonchev–Trinajstić information content (AvgIpc) is 2.95. The Morgan fingerprint density at radius 2 is 1.92 bits per heavy atom. The fourth-order valence-electron chi connectivity index (χ4n) is 2.70. The van der Waals surface area contributed by atoms with Crippen LogP contribution in [0.4, 0.5) is 4.39 Å². The molecule has 0 aliphatic heterocycles. The van der Waals surface area contributed by atoms with Crippen LogP contribution < -0.4 is 10.4 Å². The van der Waals surface area contributed by atoms with Gasteiger partial charge in [-0.3, -0.25) is 9.55 Å². The summed E-state index contributed by atoms with van der Waals surface area (Å²) in [6.07, 6.45) is 3.24. The predicted octanol–water partition coefficient (Wildman–Crippen LogP) is 3.95. The van der Waals surface area contributed by atoms with Crippen LogP contribution in [0, 0.1) is 12.7 Å². The molecule has 25 heavy (non-hydrogen) atoms. The first-order chi connectivity index (χ1) is 12.1. The van der Waals surface area contributed by atoms with Gasteiger partial charge in [-0.05, 0) is 49.4 Å². The van der Waals surface area contributed by atoms with E-state index in [1.165, 1.54) is 6.07 Å². The summed E-state index contributed by atoms with van der Waals surface area (Å²) in [6, 6.07) is 13.5. The zero-order valence-corrected chi connectivity index (χ0v) is 13.4. The van der Waals surface area contributed by atoms with E-state index in [1.807, 2.05) is 0 Å². The molecule has 4 rings (SSSR count). The number of imidazole rings is 1. The molecule has 0 unspecified atom stereocenters. The second kappa shape index (κ2) is 5.90. The van der Waals surface area contributed by atoms with Gasteiger partial charge in [-0.2, -0.15) is 0 Å². The Morgan fingerprint density at radius 1 is 1.12 bits per heavy atom. The number of benzene rings is 2. The Labute approximate surface area is 142 Å². The molecule has 2 heterocycles. The van der Waals surface area contributed by atoms with Crippen LogP contribution in [0.3, 0.4) is 0 Å². The molecule has 0 amide bonds. The van der Waals surface area contributed by atoms with Crippen molar-refractivity contribution in [2.24, 2.45) is 0 Å². The lowest BCUT2D eigenvalue weighted by molar-refractivity contribution is 0.471. The van der Waals surface area contributed by atoms with Crippen molar-refractivity contribution >= 4 is 11.0 Å². The Bertz CT molecular complexity index is 1110. The topological polar surface area (TPSA) is 59.9 Å². The maximum atomic E-state index is 13.6. The number of fused-ring (bicyclic) bond motifs is 1. The van der Waals surface area contributed by atoms with Crippen molar-refractivity contribution in [2.45, 2.75) is 6.92 Å². The zero-order valence-electron chi connectivity index (χ0n) is 13.4. The van der Waals surface area contributed by atoms with Crippen molar-refractivity contribution < 1.29 is 9.13 Å². The number of aromatic nitrogens is 3. The van der Waals surface area contributed by atoms with E-state index in [2.05, 4.69) is 9.97 Å². The number of pyridine rings is 1. The van der Waals surface area contributed by atoms with Gasteiger partial charge in [0.1, 0.15) is 17.3 Å². The van der Waals surface area contributed by atoms with Crippen molar-refractivity contribution in [3.05, 3.63) is 82.8 Å². The number of nitrogens with one attached hydrogen (secondary N) is 1. The van der Waals surface area contributed by atoms with Crippen molar-refractivity contribution in [1.29, 1.82) is 0 Å². The Kier molecular flexibility index (Phi) is 3.57. The number of H-pyrrole nitrogens is 1. The zero-order chi connectivity index (χ0) is 17.4. The number of halogens is 1. The van der Waals surface area contributed by atoms with E-state index in [0.717, 1.165) is 5.52 Å². The minimum atomic E-state index is -0.312. The van der Waals surface area contributed by atoms with Gasteiger partial charge in [0.2, 0.25) is 0 Å². The molecule has 0 atom stereocenters. The number of hydrogen-bond acceptors (Lipinski definition) is 3. The van der Waals surface area contributed by atoms with Crippen LogP contribution in [0.2, 0.25) is 0 Å². The van der Waals surface area contributed by atoms with Gasteiger partial charge >= 0.3 is 5.69 Å². The number of hydrogen-bond donors (Lipinski definition) is 1. The van der Waals surface area contributed by atoms with E-state index >= 15 is 0 Å². The molecule has 4 aromatic rings. The van der Waals surface area contributed by atoms with Gasteiger partial charge in [-0.15, -0.1) is 0 Å². The van der Waals surface area contributed by atoms with Crippen LogP contribution in [0.15, 0.2) is 65.7 Å². The number of ether oxygens (including phenoxy) is 1. The van der Waals surface area contributed by atoms with Gasteiger partial charge in [0, 0.05) is 11.8 Å². The third kappa shape index (κ3) is 2.67. The molecule has 0 spiro atoms. The van der Waals surface area contributed by atoms with E-state index in [-0.39, 0.29) is 11.5 Å². The highest BCUT2D eigenvalue weighted by Gasteiger charge is 2.09. The minimum Gasteiger partial charge on any atom is -0.457 e. The van der Waals surface area contributed by atoms with E-state index in [4.69, 9.17) is 4.74 Å². The normalized spacial score (nSPS) is 11.0. The van der Waals surface area contributed by atoms with Crippen molar-refractivity contribution in [2.75, 3.05) is 0 Å². The second-order valence-electron chi connectivity index (χ2n) is 5.62. The largest absolute Gasteiger partial charge is 0.457 e. The molecule has 1 N–H and O–H groups in total. The first-order valence-corrected chi connectivity index (χ1v) is 7.71. The SMILES string of the molecule is Cc1c(F)cccc1Oc1ccc(-n2c(=O)[nH]c3cnccc32)cc1. The van der Waals surface area contributed by atoms with Crippen molar-refractivity contribution in [3.8, 4) is 17.2 Å². The molecule has 0 saturated carbocycles. The lowest BCUT2D eigenvalue weighted by atomic mass is 10.2. The second-order valence-corrected chi connectivity index (χ2v) is 5.62. The Hall–Kier alpha value is -3.41. The maximum Gasteiger partial charge on any atom is 0.331 e. The molecular weight excluding hydrogens is 321 g/mol. The van der Waals surface area contributed by atoms with Gasteiger partial charge in [0.05, 0.1) is 22.9 Å². The van der Waals surface area contributed by atoms with Crippen LogP contribution in [0.5, 0.6) is 11.5 Å². The molecule has 0 aliphatic rings. The fraction of sp³-hybridized carbons (Fsp3) is 0.0526. The van der Waals surface area contributed by atoms with Crippen LogP contribution >= 0.6 is 0 Å². The summed E-state index contributed by atoms with van der Waals surface area (Å²) in [5.41, 5.74) is 2.33. The lowest BCUT2D eigenvalue weighted by Crippen LogP contribution is -2.14. The van der Waals surface area contributed by atoms with E-state index in [0.29, 0.717) is 28.3 Å². The minimum absolute atomic E-state index is 0.238. The van der Waals surface area contributed by atoms with Crippen molar-refractivity contribution in [3.63, 3.8) is 0 Å². The summed E-state index contributed by atoms with van der Waals surface area (Å²) in [7, 11) is 0. The highest BCUT2D eigenvalue weighted by molar-refractivity contribution is 5.76. The average molecular weight is 335 g/mol. The number of rotatable bonds is 3. The third-order valence-corrected chi connectivity index (χ3v) is 4.02.